The molecule has 0 bridgehead atoms. The van der Waals surface area contributed by atoms with E-state index < -0.39 is 21.7 Å². The molecule has 10 heteroatoms. The Morgan fingerprint density at radius 2 is 1.71 bits per heavy atom. The number of amides is 1. The van der Waals surface area contributed by atoms with Gasteiger partial charge >= 0.3 is 5.97 Å². The number of hydrogen-bond acceptors (Lipinski definition) is 6. The Hall–Kier alpha value is -2.85. The van der Waals surface area contributed by atoms with Gasteiger partial charge in [-0.25, -0.2) is 8.42 Å². The van der Waals surface area contributed by atoms with Gasteiger partial charge in [0.1, 0.15) is 11.5 Å². The molecule has 2 saturated heterocycles. The topological polar surface area (TPSA) is 113 Å². The van der Waals surface area contributed by atoms with E-state index in [2.05, 4.69) is 4.99 Å². The first-order valence-electron chi connectivity index (χ1n) is 9.63. The van der Waals surface area contributed by atoms with E-state index in [9.17, 15) is 18.0 Å². The van der Waals surface area contributed by atoms with Crippen LogP contribution in [0.3, 0.4) is 0 Å². The van der Waals surface area contributed by atoms with Gasteiger partial charge in [-0.2, -0.15) is 4.99 Å². The molecule has 2 aliphatic rings. The lowest BCUT2D eigenvalue weighted by molar-refractivity contribution is -0.138. The number of carboxylic acid groups (broad SMARTS) is 1. The highest BCUT2D eigenvalue weighted by Gasteiger charge is 2.49. The van der Waals surface area contributed by atoms with E-state index in [1.165, 1.54) is 11.8 Å². The van der Waals surface area contributed by atoms with Gasteiger partial charge < -0.3 is 14.7 Å². The largest absolute Gasteiger partial charge is 0.481 e. The Morgan fingerprint density at radius 1 is 1.03 bits per heavy atom. The van der Waals surface area contributed by atoms with Gasteiger partial charge in [-0.15, -0.1) is 0 Å². The van der Waals surface area contributed by atoms with Crippen LogP contribution in [0.2, 0.25) is 0 Å². The van der Waals surface area contributed by atoms with Gasteiger partial charge in [0, 0.05) is 17.4 Å². The number of nitrogens with zero attached hydrogens (tertiary/aromatic N) is 2. The average Bonchev–Trinajstić information content (AvgIpc) is 3.18. The molecule has 2 aromatic rings. The van der Waals surface area contributed by atoms with Crippen LogP contribution in [0.15, 0.2) is 59.6 Å². The Kier molecular flexibility index (Phi) is 6.01. The molecule has 162 valence electrons. The van der Waals surface area contributed by atoms with E-state index >= 15 is 0 Å². The first-order chi connectivity index (χ1) is 14.8. The maximum atomic E-state index is 12.2. The zero-order chi connectivity index (χ0) is 22.0. The maximum absolute atomic E-state index is 12.2. The van der Waals surface area contributed by atoms with Gasteiger partial charge in [0.05, 0.1) is 24.0 Å². The van der Waals surface area contributed by atoms with E-state index in [4.69, 9.17) is 9.84 Å². The molecule has 2 fully saturated rings. The Bertz CT molecular complexity index is 1120. The summed E-state index contributed by atoms with van der Waals surface area (Å²) in [5.41, 5.74) is 0.697. The Morgan fingerprint density at radius 3 is 2.39 bits per heavy atom. The maximum Gasteiger partial charge on any atom is 0.303 e. The standard InChI is InChI=1S/C21H20N2O6S2/c24-19(10-11-20(25)26)22-21-23(17-12-31(27,28)13-18(17)30-21)14-6-8-16(9-7-14)29-15-4-2-1-3-5-15/h1-9,17-18H,10-13H2,(H,25,26). The summed E-state index contributed by atoms with van der Waals surface area (Å²) in [5, 5.41) is 8.95. The molecule has 8 nitrogen and oxygen atoms in total. The zero-order valence-corrected chi connectivity index (χ0v) is 18.0. The van der Waals surface area contributed by atoms with Gasteiger partial charge in [0.15, 0.2) is 15.0 Å². The van der Waals surface area contributed by atoms with E-state index in [-0.39, 0.29) is 35.6 Å². The number of benzene rings is 2. The highest BCUT2D eigenvalue weighted by atomic mass is 32.2. The number of anilines is 1. The number of ether oxygens (including phenoxy) is 1. The molecule has 2 aromatic carbocycles. The minimum absolute atomic E-state index is 0.0186. The summed E-state index contributed by atoms with van der Waals surface area (Å²) in [4.78, 5) is 28.8. The predicted molar refractivity (Wildman–Crippen MR) is 119 cm³/mol. The number of hydrogen-bond donors (Lipinski definition) is 1. The minimum atomic E-state index is -3.17. The smallest absolute Gasteiger partial charge is 0.303 e. The first-order valence-corrected chi connectivity index (χ1v) is 12.3. The molecular weight excluding hydrogens is 440 g/mol. The van der Waals surface area contributed by atoms with Crippen molar-refractivity contribution in [3.63, 3.8) is 0 Å². The lowest BCUT2D eigenvalue weighted by Crippen LogP contribution is -2.37. The summed E-state index contributed by atoms with van der Waals surface area (Å²) >= 11 is 1.25. The third kappa shape index (κ3) is 5.08. The molecule has 0 aromatic heterocycles. The number of rotatable bonds is 6. The molecule has 0 spiro atoms. The van der Waals surface area contributed by atoms with Gasteiger partial charge in [0.2, 0.25) is 5.91 Å². The van der Waals surface area contributed by atoms with E-state index in [0.29, 0.717) is 22.4 Å². The Labute approximate surface area is 183 Å². The molecule has 2 atom stereocenters. The van der Waals surface area contributed by atoms with E-state index in [1.807, 2.05) is 30.3 Å². The fourth-order valence-corrected chi connectivity index (χ4v) is 7.47. The quantitative estimate of drug-likeness (QED) is 0.700. The molecule has 0 aliphatic carbocycles. The molecule has 2 aliphatic heterocycles. The number of carbonyl (C=O) groups is 2. The molecule has 1 N–H and O–H groups in total. The summed E-state index contributed by atoms with van der Waals surface area (Å²) in [6.07, 6.45) is -0.502. The van der Waals surface area contributed by atoms with Crippen molar-refractivity contribution < 1.29 is 27.9 Å². The van der Waals surface area contributed by atoms with Gasteiger partial charge in [-0.3, -0.25) is 9.59 Å². The van der Waals surface area contributed by atoms with Gasteiger partial charge in [0.25, 0.3) is 0 Å². The normalized spacial score (nSPS) is 23.0. The number of carbonyl (C=O) groups excluding carboxylic acids is 1. The van der Waals surface area contributed by atoms with E-state index in [0.717, 1.165) is 0 Å². The van der Waals surface area contributed by atoms with E-state index in [1.54, 1.807) is 29.2 Å². The molecular formula is C21H20N2O6S2. The first kappa shape index (κ1) is 21.4. The number of para-hydroxylation sites is 1. The fraction of sp³-hybridized carbons (Fsp3) is 0.286. The lowest BCUT2D eigenvalue weighted by atomic mass is 10.2. The summed E-state index contributed by atoms with van der Waals surface area (Å²) in [6, 6.07) is 16.1. The van der Waals surface area contributed by atoms with Crippen LogP contribution in [0.4, 0.5) is 5.69 Å². The fourth-order valence-electron chi connectivity index (χ4n) is 3.54. The Balaban J connectivity index is 1.58. The minimum Gasteiger partial charge on any atom is -0.481 e. The van der Waals surface area contributed by atoms with Crippen LogP contribution < -0.4 is 9.64 Å². The molecule has 0 saturated carbocycles. The third-order valence-corrected chi connectivity index (χ3v) is 8.14. The lowest BCUT2D eigenvalue weighted by Gasteiger charge is -2.24. The van der Waals surface area contributed by atoms with Crippen LogP contribution in [0.5, 0.6) is 11.5 Å². The molecule has 31 heavy (non-hydrogen) atoms. The van der Waals surface area contributed by atoms with Crippen molar-refractivity contribution in [2.24, 2.45) is 4.99 Å². The number of fused-ring (bicyclic) bond motifs is 1. The third-order valence-electron chi connectivity index (χ3n) is 4.93. The van der Waals surface area contributed by atoms with Crippen LogP contribution in [-0.2, 0) is 19.4 Å². The summed E-state index contributed by atoms with van der Waals surface area (Å²) in [5.74, 6) is -0.289. The van der Waals surface area contributed by atoms with Crippen molar-refractivity contribution >= 4 is 44.3 Å². The summed E-state index contributed by atoms with van der Waals surface area (Å²) < 4.78 is 30.1. The summed E-state index contributed by atoms with van der Waals surface area (Å²) in [7, 11) is -3.17. The number of carboxylic acids is 1. The van der Waals surface area contributed by atoms with Crippen molar-refractivity contribution in [3.8, 4) is 11.5 Å². The van der Waals surface area contributed by atoms with Crippen molar-refractivity contribution in [1.29, 1.82) is 0 Å². The predicted octanol–water partition coefficient (Wildman–Crippen LogP) is 2.95. The van der Waals surface area contributed by atoms with Crippen molar-refractivity contribution in [2.75, 3.05) is 16.4 Å². The van der Waals surface area contributed by atoms with Crippen LogP contribution in [-0.4, -0.2) is 53.4 Å². The highest BCUT2D eigenvalue weighted by Crippen LogP contribution is 2.41. The zero-order valence-electron chi connectivity index (χ0n) is 16.4. The van der Waals surface area contributed by atoms with Crippen molar-refractivity contribution in [1.82, 2.24) is 0 Å². The van der Waals surface area contributed by atoms with Crippen LogP contribution in [0.1, 0.15) is 12.8 Å². The van der Waals surface area contributed by atoms with Crippen LogP contribution in [0, 0.1) is 0 Å². The second kappa shape index (κ2) is 8.72. The molecule has 0 radical (unpaired) electrons. The van der Waals surface area contributed by atoms with Crippen LogP contribution in [0.25, 0.3) is 0 Å². The van der Waals surface area contributed by atoms with Gasteiger partial charge in [-0.05, 0) is 36.4 Å². The number of amidine groups is 1. The second-order valence-corrected chi connectivity index (χ2v) is 10.6. The molecule has 2 heterocycles. The average molecular weight is 461 g/mol. The SMILES string of the molecule is O=C(O)CCC(=O)N=C1SC2CS(=O)(=O)CC2N1c1ccc(Oc2ccccc2)cc1. The van der Waals surface area contributed by atoms with Crippen molar-refractivity contribution in [3.05, 3.63) is 54.6 Å². The van der Waals surface area contributed by atoms with Gasteiger partial charge in [-0.1, -0.05) is 30.0 Å². The second-order valence-electron chi connectivity index (χ2n) is 7.26. The number of aliphatic imine (C=N–C) groups is 1. The number of aliphatic carboxylic acids is 1. The highest BCUT2D eigenvalue weighted by molar-refractivity contribution is 8.16. The summed E-state index contributed by atoms with van der Waals surface area (Å²) in [6.45, 7) is 0. The number of thioether (sulfide) groups is 1. The van der Waals surface area contributed by atoms with Crippen molar-refractivity contribution in [2.45, 2.75) is 24.1 Å². The number of sulfone groups is 1. The molecule has 2 unspecified atom stereocenters. The molecule has 4 rings (SSSR count). The van der Waals surface area contributed by atoms with Crippen LogP contribution >= 0.6 is 11.8 Å². The monoisotopic (exact) mass is 460 g/mol. The molecule has 1 amide bonds.